The van der Waals surface area contributed by atoms with Crippen LogP contribution >= 0.6 is 0 Å². The number of aliphatic imine (C=N–C) groups is 2. The molecule has 1 unspecified atom stereocenters. The summed E-state index contributed by atoms with van der Waals surface area (Å²) in [6.45, 7) is 3.74. The van der Waals surface area contributed by atoms with Gasteiger partial charge in [-0.25, -0.2) is 0 Å². The molecule has 166 valence electrons. The molecule has 0 saturated carbocycles. The summed E-state index contributed by atoms with van der Waals surface area (Å²) in [4.78, 5) is 48.5. The van der Waals surface area contributed by atoms with Crippen molar-refractivity contribution in [3.63, 3.8) is 0 Å². The highest BCUT2D eigenvalue weighted by Gasteiger charge is 2.38. The van der Waals surface area contributed by atoms with Crippen molar-refractivity contribution >= 4 is 23.6 Å². The predicted octanol–water partition coefficient (Wildman–Crippen LogP) is 1.72. The Bertz CT molecular complexity index is 1210. The fraction of sp³-hybridized carbons (Fsp3) is 0.250. The van der Waals surface area contributed by atoms with Crippen molar-refractivity contribution in [3.05, 3.63) is 92.9 Å². The maximum Gasteiger partial charge on any atom is 0.335 e. The van der Waals surface area contributed by atoms with E-state index in [1.54, 1.807) is 12.2 Å². The molecule has 1 amide bonds. The van der Waals surface area contributed by atoms with Crippen molar-refractivity contribution in [1.82, 2.24) is 9.80 Å². The summed E-state index contributed by atoms with van der Waals surface area (Å²) in [5.41, 5.74) is 2.46. The van der Waals surface area contributed by atoms with E-state index in [-0.39, 0.29) is 11.5 Å². The molecule has 33 heavy (non-hydrogen) atoms. The summed E-state index contributed by atoms with van der Waals surface area (Å²) in [6, 6.07) is 9.73. The number of benzene rings is 1. The smallest absolute Gasteiger partial charge is 0.335 e. The van der Waals surface area contributed by atoms with E-state index in [0.717, 1.165) is 31.4 Å². The molecule has 1 fully saturated rings. The van der Waals surface area contributed by atoms with Crippen LogP contribution in [-0.2, 0) is 16.1 Å². The van der Waals surface area contributed by atoms with Gasteiger partial charge in [-0.05, 0) is 23.3 Å². The van der Waals surface area contributed by atoms with Crippen LogP contribution in [0.5, 0.6) is 0 Å². The van der Waals surface area contributed by atoms with Gasteiger partial charge in [0.15, 0.2) is 0 Å². The van der Waals surface area contributed by atoms with Gasteiger partial charge >= 0.3 is 5.70 Å². The number of amides is 1. The van der Waals surface area contributed by atoms with E-state index in [1.807, 2.05) is 23.1 Å². The zero-order chi connectivity index (χ0) is 22.9. The number of piperazine rings is 1. The molecular formula is C24H21N5O4. The zero-order valence-corrected chi connectivity index (χ0v) is 17.8. The minimum Gasteiger partial charge on any atom is -0.336 e. The first-order chi connectivity index (χ1) is 16.0. The minimum atomic E-state index is -0.733. The van der Waals surface area contributed by atoms with Gasteiger partial charge in [-0.1, -0.05) is 36.4 Å². The molecule has 1 aliphatic carbocycles. The Balaban J connectivity index is 1.26. The second kappa shape index (κ2) is 8.51. The molecule has 1 saturated heterocycles. The van der Waals surface area contributed by atoms with Crippen LogP contribution in [-0.4, -0.2) is 70.6 Å². The lowest BCUT2D eigenvalue weighted by atomic mass is 9.85. The fourth-order valence-electron chi connectivity index (χ4n) is 4.36. The number of rotatable bonds is 4. The van der Waals surface area contributed by atoms with Crippen molar-refractivity contribution in [2.24, 2.45) is 9.98 Å². The average molecular weight is 443 g/mol. The molecule has 3 heterocycles. The highest BCUT2D eigenvalue weighted by atomic mass is 16.6. The molecule has 1 aromatic rings. The van der Waals surface area contributed by atoms with Gasteiger partial charge in [0.05, 0.1) is 21.8 Å². The summed E-state index contributed by atoms with van der Waals surface area (Å²) in [6.07, 6.45) is 7.46. The Labute approximate surface area is 190 Å². The van der Waals surface area contributed by atoms with Crippen LogP contribution in [0, 0.1) is 10.1 Å². The van der Waals surface area contributed by atoms with Gasteiger partial charge < -0.3 is 4.90 Å². The summed E-state index contributed by atoms with van der Waals surface area (Å²) in [5, 5.41) is 11.0. The van der Waals surface area contributed by atoms with Crippen LogP contribution in [0.1, 0.15) is 5.56 Å². The van der Waals surface area contributed by atoms with E-state index in [4.69, 9.17) is 0 Å². The lowest BCUT2D eigenvalue weighted by Crippen LogP contribution is -2.49. The number of dihydropyridines is 1. The van der Waals surface area contributed by atoms with Crippen molar-refractivity contribution in [3.8, 4) is 0 Å². The number of hydrogen-bond acceptors (Lipinski definition) is 7. The van der Waals surface area contributed by atoms with E-state index in [2.05, 4.69) is 27.0 Å². The van der Waals surface area contributed by atoms with Gasteiger partial charge in [0.25, 0.3) is 11.7 Å². The number of nitrogens with zero attached hydrogens (tertiary/aromatic N) is 5. The standard InChI is InChI=1S/C24H21N5O4/c30-23-19-7-6-17-12-18(13-25-21(17)22(19)26-14-20(23)29(32)33)24(31)28-10-8-27(9-11-28)15-16-4-2-1-3-5-16/h1-7,12-14,21H,8-11,15H2. The molecule has 0 aromatic heterocycles. The van der Waals surface area contributed by atoms with E-state index < -0.39 is 22.4 Å². The predicted molar refractivity (Wildman–Crippen MR) is 122 cm³/mol. The van der Waals surface area contributed by atoms with Crippen molar-refractivity contribution < 1.29 is 14.5 Å². The van der Waals surface area contributed by atoms with E-state index >= 15 is 0 Å². The largest absolute Gasteiger partial charge is 0.336 e. The van der Waals surface area contributed by atoms with Gasteiger partial charge in [-0.15, -0.1) is 0 Å². The summed E-state index contributed by atoms with van der Waals surface area (Å²) in [7, 11) is 0. The van der Waals surface area contributed by atoms with Crippen LogP contribution < -0.4 is 0 Å². The summed E-state index contributed by atoms with van der Waals surface area (Å²) >= 11 is 0. The number of hydrogen-bond donors (Lipinski definition) is 0. The molecule has 0 radical (unpaired) electrons. The second-order valence-electron chi connectivity index (χ2n) is 8.20. The molecule has 3 aliphatic heterocycles. The quantitative estimate of drug-likeness (QED) is 0.520. The van der Waals surface area contributed by atoms with Gasteiger partial charge in [0.1, 0.15) is 12.2 Å². The normalized spacial score (nSPS) is 22.3. The van der Waals surface area contributed by atoms with E-state index in [0.29, 0.717) is 24.4 Å². The van der Waals surface area contributed by atoms with Gasteiger partial charge in [0, 0.05) is 38.9 Å². The number of ketones is 1. The van der Waals surface area contributed by atoms with Crippen molar-refractivity contribution in [2.45, 2.75) is 12.6 Å². The maximum atomic E-state index is 13.1. The van der Waals surface area contributed by atoms with Crippen LogP contribution in [0.15, 0.2) is 87.2 Å². The molecular weight excluding hydrogens is 422 g/mol. The first kappa shape index (κ1) is 20.9. The van der Waals surface area contributed by atoms with Gasteiger partial charge in [0.2, 0.25) is 0 Å². The molecule has 9 heteroatoms. The molecule has 0 N–H and O–H groups in total. The molecule has 9 nitrogen and oxygen atoms in total. The SMILES string of the molecule is O=C1C2=CC=C3C=C(C(=O)N4CCN(Cc5ccccc5)CC4)C=NC3C2=NC=C1[N+](=O)[O-]. The van der Waals surface area contributed by atoms with Gasteiger partial charge in [-0.2, -0.15) is 0 Å². The Kier molecular flexibility index (Phi) is 5.39. The Morgan fingerprint density at radius 2 is 1.88 bits per heavy atom. The van der Waals surface area contributed by atoms with Crippen LogP contribution in [0.2, 0.25) is 0 Å². The van der Waals surface area contributed by atoms with Crippen LogP contribution in [0.25, 0.3) is 0 Å². The average Bonchev–Trinajstić information content (AvgIpc) is 2.84. The third-order valence-electron chi connectivity index (χ3n) is 6.13. The first-order valence-electron chi connectivity index (χ1n) is 10.7. The Morgan fingerprint density at radius 3 is 2.61 bits per heavy atom. The molecule has 1 aromatic carbocycles. The number of fused-ring (bicyclic) bond motifs is 3. The van der Waals surface area contributed by atoms with Crippen molar-refractivity contribution in [1.29, 1.82) is 0 Å². The number of carbonyl (C=O) groups is 2. The lowest BCUT2D eigenvalue weighted by molar-refractivity contribution is -0.418. The number of allylic oxidation sites excluding steroid dienone is 3. The summed E-state index contributed by atoms with van der Waals surface area (Å²) in [5.74, 6) is -0.751. The third-order valence-corrected chi connectivity index (χ3v) is 6.13. The highest BCUT2D eigenvalue weighted by Crippen LogP contribution is 2.29. The lowest BCUT2D eigenvalue weighted by Gasteiger charge is -2.35. The van der Waals surface area contributed by atoms with Gasteiger partial charge in [-0.3, -0.25) is 34.6 Å². The number of carbonyl (C=O) groups excluding carboxylic acids is 2. The topological polar surface area (TPSA) is 108 Å². The van der Waals surface area contributed by atoms with E-state index in [1.165, 1.54) is 17.9 Å². The minimum absolute atomic E-state index is 0.0792. The molecule has 1 atom stereocenters. The summed E-state index contributed by atoms with van der Waals surface area (Å²) < 4.78 is 0. The Hall–Kier alpha value is -3.98. The first-order valence-corrected chi connectivity index (χ1v) is 10.7. The van der Waals surface area contributed by atoms with Crippen molar-refractivity contribution in [2.75, 3.05) is 26.2 Å². The highest BCUT2D eigenvalue weighted by molar-refractivity contribution is 6.32. The van der Waals surface area contributed by atoms with Crippen LogP contribution in [0.3, 0.4) is 0 Å². The van der Waals surface area contributed by atoms with Crippen LogP contribution in [0.4, 0.5) is 0 Å². The molecule has 4 aliphatic rings. The number of nitro groups is 1. The Morgan fingerprint density at radius 1 is 1.12 bits per heavy atom. The zero-order valence-electron chi connectivity index (χ0n) is 17.8. The fourth-order valence-corrected chi connectivity index (χ4v) is 4.36. The molecule has 0 spiro atoms. The van der Waals surface area contributed by atoms with E-state index in [9.17, 15) is 19.7 Å². The monoisotopic (exact) mass is 443 g/mol. The molecule has 5 rings (SSSR count). The maximum absolute atomic E-state index is 13.1. The third kappa shape index (κ3) is 3.98. The second-order valence-corrected chi connectivity index (χ2v) is 8.20. The number of Topliss-reactive ketones (excluding diaryl/α,β-unsaturated/α-hetero) is 1. The molecule has 0 bridgehead atoms.